The first-order valence-electron chi connectivity index (χ1n) is 7.20. The molecule has 27 heavy (non-hydrogen) atoms. The molecule has 160 valence electrons. The summed E-state index contributed by atoms with van der Waals surface area (Å²) in [6.07, 6.45) is -5.06. The van der Waals surface area contributed by atoms with E-state index in [0.29, 0.717) is 12.5 Å². The fourth-order valence-corrected chi connectivity index (χ4v) is 3.91. The number of hydrogen-bond acceptors (Lipinski definition) is 12. The second-order valence-electron chi connectivity index (χ2n) is 5.81. The number of aliphatic hydroxyl groups excluding tert-OH is 1. The number of ether oxygens (including phenoxy) is 1. The third kappa shape index (κ3) is 8.77. The highest BCUT2D eigenvalue weighted by molar-refractivity contribution is 7.86. The summed E-state index contributed by atoms with van der Waals surface area (Å²) < 4.78 is 87.5. The summed E-state index contributed by atoms with van der Waals surface area (Å²) in [6.45, 7) is 0.333. The smallest absolute Gasteiger partial charge is 0.264 e. The zero-order valence-corrected chi connectivity index (χ0v) is 17.2. The van der Waals surface area contributed by atoms with Gasteiger partial charge in [0.2, 0.25) is 5.91 Å². The average Bonchev–Trinajstić information content (AvgIpc) is 2.40. The Morgan fingerprint density at radius 3 is 1.85 bits per heavy atom. The van der Waals surface area contributed by atoms with Crippen LogP contribution in [0.1, 0.15) is 6.92 Å². The van der Waals surface area contributed by atoms with E-state index in [4.69, 9.17) is 8.92 Å². The SMILES string of the molecule is CC(=O)N[C@H]1[C@H](OS(C)(=O)=O)[C@@H](OS(C)(=O)=O)[C@@H](O)O[C@@H]1COS(C)(=O)=O. The third-order valence-corrected chi connectivity index (χ3v) is 4.77. The molecule has 0 aromatic heterocycles. The minimum absolute atomic E-state index is 0.642. The predicted molar refractivity (Wildman–Crippen MR) is 88.7 cm³/mol. The molecule has 13 nitrogen and oxygen atoms in total. The number of carbonyl (C=O) groups excluding carboxylic acids is 1. The molecule has 5 atom stereocenters. The summed E-state index contributed by atoms with van der Waals surface area (Å²) in [5.41, 5.74) is 0. The number of rotatable bonds is 8. The maximum absolute atomic E-state index is 11.6. The summed E-state index contributed by atoms with van der Waals surface area (Å²) in [4.78, 5) is 11.5. The van der Waals surface area contributed by atoms with E-state index >= 15 is 0 Å². The molecule has 1 saturated heterocycles. The van der Waals surface area contributed by atoms with Gasteiger partial charge < -0.3 is 15.2 Å². The average molecular weight is 455 g/mol. The molecule has 0 aromatic carbocycles. The van der Waals surface area contributed by atoms with E-state index < -0.39 is 73.5 Å². The summed E-state index contributed by atoms with van der Waals surface area (Å²) in [7, 11) is -12.4. The van der Waals surface area contributed by atoms with Gasteiger partial charge in [-0.25, -0.2) is 0 Å². The molecule has 0 spiro atoms. The Bertz CT molecular complexity index is 849. The van der Waals surface area contributed by atoms with E-state index in [1.807, 2.05) is 0 Å². The van der Waals surface area contributed by atoms with E-state index in [1.165, 1.54) is 0 Å². The van der Waals surface area contributed by atoms with Crippen molar-refractivity contribution in [3.63, 3.8) is 0 Å². The van der Waals surface area contributed by atoms with Crippen LogP contribution in [0.3, 0.4) is 0 Å². The fraction of sp³-hybridized carbons (Fsp3) is 0.909. The molecule has 1 rings (SSSR count). The van der Waals surface area contributed by atoms with Gasteiger partial charge in [0.25, 0.3) is 30.4 Å². The molecule has 0 bridgehead atoms. The molecule has 1 aliphatic rings. The lowest BCUT2D eigenvalue weighted by atomic mass is 9.96. The van der Waals surface area contributed by atoms with Crippen molar-refractivity contribution in [3.8, 4) is 0 Å². The number of hydrogen-bond donors (Lipinski definition) is 2. The van der Waals surface area contributed by atoms with Crippen molar-refractivity contribution in [3.05, 3.63) is 0 Å². The quantitative estimate of drug-likeness (QED) is 0.351. The Hall–Kier alpha value is -0.880. The van der Waals surface area contributed by atoms with E-state index in [1.54, 1.807) is 0 Å². The van der Waals surface area contributed by atoms with Crippen molar-refractivity contribution in [2.75, 3.05) is 25.4 Å². The van der Waals surface area contributed by atoms with E-state index in [0.717, 1.165) is 13.2 Å². The zero-order chi connectivity index (χ0) is 21.2. The number of nitrogens with one attached hydrogen (secondary N) is 1. The lowest BCUT2D eigenvalue weighted by Gasteiger charge is -2.43. The molecule has 2 N–H and O–H groups in total. The standard InChI is InChI=1S/C11H21NO12S3/c1-6(13)12-8-7(5-21-25(2,15)16)22-11(14)10(24-27(4,19)20)9(8)23-26(3,17)18/h7-11,14H,5H2,1-4H3,(H,12,13)/t7-,8-,9+,10-,11+/m1/s1. The second kappa shape index (κ2) is 8.64. The molecule has 1 aliphatic heterocycles. The molecule has 0 aliphatic carbocycles. The molecule has 1 heterocycles. The van der Waals surface area contributed by atoms with Gasteiger partial charge in [0, 0.05) is 6.92 Å². The molecule has 0 radical (unpaired) electrons. The van der Waals surface area contributed by atoms with Crippen LogP contribution in [-0.2, 0) is 52.4 Å². The molecule has 16 heteroatoms. The van der Waals surface area contributed by atoms with Gasteiger partial charge in [0.1, 0.15) is 12.2 Å². The van der Waals surface area contributed by atoms with Crippen molar-refractivity contribution < 1.29 is 52.4 Å². The van der Waals surface area contributed by atoms with Gasteiger partial charge in [-0.1, -0.05) is 0 Å². The van der Waals surface area contributed by atoms with Gasteiger partial charge in [0.05, 0.1) is 31.4 Å². The molecule has 0 unspecified atom stereocenters. The van der Waals surface area contributed by atoms with Gasteiger partial charge >= 0.3 is 0 Å². The molecule has 0 aromatic rings. The first kappa shape index (κ1) is 24.2. The topological polar surface area (TPSA) is 189 Å². The highest BCUT2D eigenvalue weighted by Gasteiger charge is 2.50. The van der Waals surface area contributed by atoms with Crippen molar-refractivity contribution >= 4 is 36.3 Å². The molecular formula is C11H21NO12S3. The number of carbonyl (C=O) groups is 1. The van der Waals surface area contributed by atoms with Gasteiger partial charge in [-0.3, -0.25) is 17.3 Å². The van der Waals surface area contributed by atoms with Gasteiger partial charge in [-0.15, -0.1) is 0 Å². The monoisotopic (exact) mass is 455 g/mol. The molecular weight excluding hydrogens is 434 g/mol. The van der Waals surface area contributed by atoms with Crippen LogP contribution in [-0.4, -0.2) is 92.3 Å². The Balaban J connectivity index is 3.32. The van der Waals surface area contributed by atoms with Crippen molar-refractivity contribution in [2.24, 2.45) is 0 Å². The third-order valence-electron chi connectivity index (χ3n) is 3.06. The number of amides is 1. The van der Waals surface area contributed by atoms with E-state index in [2.05, 4.69) is 13.7 Å². The van der Waals surface area contributed by atoms with Crippen LogP contribution in [0, 0.1) is 0 Å². The lowest BCUT2D eigenvalue weighted by Crippen LogP contribution is -2.66. The Labute approximate surface area is 157 Å². The van der Waals surface area contributed by atoms with Gasteiger partial charge in [0.15, 0.2) is 12.4 Å². The molecule has 1 fully saturated rings. The second-order valence-corrected chi connectivity index (χ2v) is 10.7. The Morgan fingerprint density at radius 2 is 1.44 bits per heavy atom. The highest BCUT2D eigenvalue weighted by Crippen LogP contribution is 2.27. The minimum atomic E-state index is -4.22. The maximum Gasteiger partial charge on any atom is 0.264 e. The van der Waals surface area contributed by atoms with Crippen molar-refractivity contribution in [1.29, 1.82) is 0 Å². The molecule has 1 amide bonds. The van der Waals surface area contributed by atoms with Gasteiger partial charge in [-0.05, 0) is 0 Å². The minimum Gasteiger partial charge on any atom is -0.366 e. The Kier molecular flexibility index (Phi) is 7.73. The lowest BCUT2D eigenvalue weighted by molar-refractivity contribution is -0.248. The van der Waals surface area contributed by atoms with Crippen LogP contribution >= 0.6 is 0 Å². The largest absolute Gasteiger partial charge is 0.366 e. The van der Waals surface area contributed by atoms with E-state index in [9.17, 15) is 35.2 Å². The highest BCUT2D eigenvalue weighted by atomic mass is 32.2. The molecule has 0 saturated carbocycles. The van der Waals surface area contributed by atoms with Crippen molar-refractivity contribution in [2.45, 2.75) is 37.6 Å². The van der Waals surface area contributed by atoms with Crippen LogP contribution in [0.4, 0.5) is 0 Å². The Morgan fingerprint density at radius 1 is 0.963 bits per heavy atom. The summed E-state index contributed by atoms with van der Waals surface area (Å²) in [5.74, 6) is -0.704. The van der Waals surface area contributed by atoms with Crippen molar-refractivity contribution in [1.82, 2.24) is 5.32 Å². The van der Waals surface area contributed by atoms with Crippen LogP contribution in [0.2, 0.25) is 0 Å². The maximum atomic E-state index is 11.6. The summed E-state index contributed by atoms with van der Waals surface area (Å²) >= 11 is 0. The predicted octanol–water partition coefficient (Wildman–Crippen LogP) is -3.13. The van der Waals surface area contributed by atoms with Crippen LogP contribution in [0.5, 0.6) is 0 Å². The summed E-state index contributed by atoms with van der Waals surface area (Å²) in [6, 6.07) is -1.44. The van der Waals surface area contributed by atoms with E-state index in [-0.39, 0.29) is 0 Å². The summed E-state index contributed by atoms with van der Waals surface area (Å²) in [5, 5.41) is 12.3. The van der Waals surface area contributed by atoms with Crippen LogP contribution < -0.4 is 5.32 Å². The van der Waals surface area contributed by atoms with Crippen LogP contribution in [0.25, 0.3) is 0 Å². The first-order valence-corrected chi connectivity index (χ1v) is 12.6. The number of aliphatic hydroxyl groups is 1. The van der Waals surface area contributed by atoms with Gasteiger partial charge in [-0.2, -0.15) is 25.3 Å². The van der Waals surface area contributed by atoms with Crippen LogP contribution in [0.15, 0.2) is 0 Å². The normalized spacial score (nSPS) is 30.0. The fourth-order valence-electron chi connectivity index (χ4n) is 2.28. The zero-order valence-electron chi connectivity index (χ0n) is 14.8. The first-order chi connectivity index (χ1) is 12.0.